The summed E-state index contributed by atoms with van der Waals surface area (Å²) < 4.78 is 39.8. The Morgan fingerprint density at radius 2 is 2.00 bits per heavy atom. The molecule has 0 radical (unpaired) electrons. The zero-order valence-corrected chi connectivity index (χ0v) is 17.5. The summed E-state index contributed by atoms with van der Waals surface area (Å²) in [6.07, 6.45) is 1.74. The van der Waals surface area contributed by atoms with Gasteiger partial charge in [0.15, 0.2) is 0 Å². The Labute approximate surface area is 167 Å². The molecule has 1 amide bonds. The molecule has 2 aromatic rings. The van der Waals surface area contributed by atoms with E-state index in [4.69, 9.17) is 0 Å². The molecule has 0 aliphatic carbocycles. The van der Waals surface area contributed by atoms with Crippen molar-refractivity contribution in [3.63, 3.8) is 0 Å². The topological polar surface area (TPSA) is 57.7 Å². The highest BCUT2D eigenvalue weighted by molar-refractivity contribution is 9.10. The molecule has 1 aliphatic heterocycles. The van der Waals surface area contributed by atoms with E-state index in [2.05, 4.69) is 15.9 Å². The van der Waals surface area contributed by atoms with Crippen molar-refractivity contribution in [3.05, 3.63) is 63.4 Å². The fourth-order valence-electron chi connectivity index (χ4n) is 3.23. The molecule has 0 fully saturated rings. The first-order valence-corrected chi connectivity index (χ1v) is 11.2. The molecule has 0 bridgehead atoms. The highest BCUT2D eigenvalue weighted by atomic mass is 79.9. The molecule has 0 N–H and O–H groups in total. The van der Waals surface area contributed by atoms with Gasteiger partial charge in [-0.1, -0.05) is 15.9 Å². The molecule has 3 rings (SSSR count). The van der Waals surface area contributed by atoms with E-state index < -0.39 is 10.0 Å². The molecule has 0 aromatic heterocycles. The zero-order valence-electron chi connectivity index (χ0n) is 15.1. The summed E-state index contributed by atoms with van der Waals surface area (Å²) in [4.78, 5) is 14.5. The second-order valence-electron chi connectivity index (χ2n) is 6.48. The Morgan fingerprint density at radius 1 is 1.26 bits per heavy atom. The van der Waals surface area contributed by atoms with E-state index in [1.54, 1.807) is 35.2 Å². The van der Waals surface area contributed by atoms with Crippen molar-refractivity contribution in [2.24, 2.45) is 0 Å². The molecule has 1 heterocycles. The first-order chi connectivity index (χ1) is 12.7. The lowest BCUT2D eigenvalue weighted by Crippen LogP contribution is -2.31. The summed E-state index contributed by atoms with van der Waals surface area (Å²) in [7, 11) is -3.33. The van der Waals surface area contributed by atoms with Crippen LogP contribution < -0.4 is 4.31 Å². The molecule has 0 unspecified atom stereocenters. The number of amides is 1. The van der Waals surface area contributed by atoms with Crippen molar-refractivity contribution in [1.29, 1.82) is 0 Å². The minimum atomic E-state index is -3.33. The van der Waals surface area contributed by atoms with Crippen molar-refractivity contribution >= 4 is 37.5 Å². The van der Waals surface area contributed by atoms with Crippen LogP contribution in [0.15, 0.2) is 40.9 Å². The Balaban J connectivity index is 1.85. The Hall–Kier alpha value is -1.93. The van der Waals surface area contributed by atoms with Crippen LogP contribution in [0.1, 0.15) is 28.4 Å². The van der Waals surface area contributed by atoms with Gasteiger partial charge in [0.1, 0.15) is 5.82 Å². The molecule has 144 valence electrons. The van der Waals surface area contributed by atoms with E-state index in [0.29, 0.717) is 36.3 Å². The van der Waals surface area contributed by atoms with Crippen LogP contribution in [0, 0.1) is 5.82 Å². The van der Waals surface area contributed by atoms with Crippen LogP contribution in [0.25, 0.3) is 0 Å². The molecule has 27 heavy (non-hydrogen) atoms. The van der Waals surface area contributed by atoms with Gasteiger partial charge in [-0.15, -0.1) is 0 Å². The predicted molar refractivity (Wildman–Crippen MR) is 107 cm³/mol. The highest BCUT2D eigenvalue weighted by Gasteiger charge is 2.27. The van der Waals surface area contributed by atoms with Crippen molar-refractivity contribution in [1.82, 2.24) is 4.90 Å². The first-order valence-electron chi connectivity index (χ1n) is 8.54. The number of rotatable bonds is 5. The lowest BCUT2D eigenvalue weighted by atomic mass is 10.1. The van der Waals surface area contributed by atoms with Gasteiger partial charge in [-0.3, -0.25) is 9.10 Å². The standard InChI is InChI=1S/C19H20BrFN2O3S/c1-3-22(12-15-11-16(20)5-6-17(15)21)19(24)14-4-7-18-13(10-14)8-9-23(18)27(2,25)26/h4-7,10-11H,3,8-9,12H2,1-2H3. The molecule has 1 aliphatic rings. The minimum absolute atomic E-state index is 0.160. The Kier molecular flexibility index (Phi) is 5.58. The molecule has 2 aromatic carbocycles. The van der Waals surface area contributed by atoms with Crippen LogP contribution >= 0.6 is 15.9 Å². The number of nitrogens with zero attached hydrogens (tertiary/aromatic N) is 2. The second-order valence-corrected chi connectivity index (χ2v) is 9.31. The Bertz CT molecular complexity index is 994. The van der Waals surface area contributed by atoms with Gasteiger partial charge in [0.25, 0.3) is 5.91 Å². The summed E-state index contributed by atoms with van der Waals surface area (Å²) in [5, 5.41) is 0. The fraction of sp³-hybridized carbons (Fsp3) is 0.316. The Morgan fingerprint density at radius 3 is 2.67 bits per heavy atom. The maximum absolute atomic E-state index is 14.0. The van der Waals surface area contributed by atoms with Gasteiger partial charge in [-0.25, -0.2) is 12.8 Å². The van der Waals surface area contributed by atoms with E-state index in [0.717, 1.165) is 10.0 Å². The quantitative estimate of drug-likeness (QED) is 0.693. The van der Waals surface area contributed by atoms with Crippen molar-refractivity contribution in [3.8, 4) is 0 Å². The van der Waals surface area contributed by atoms with Crippen LogP contribution in [-0.2, 0) is 23.0 Å². The summed E-state index contributed by atoms with van der Waals surface area (Å²) in [5.74, 6) is -0.570. The van der Waals surface area contributed by atoms with Crippen LogP contribution in [0.2, 0.25) is 0 Å². The number of carbonyl (C=O) groups is 1. The maximum Gasteiger partial charge on any atom is 0.254 e. The summed E-state index contributed by atoms with van der Waals surface area (Å²) >= 11 is 3.32. The molecular weight excluding hydrogens is 435 g/mol. The van der Waals surface area contributed by atoms with Gasteiger partial charge in [-0.2, -0.15) is 0 Å². The van der Waals surface area contributed by atoms with Gasteiger partial charge in [0, 0.05) is 35.2 Å². The van der Waals surface area contributed by atoms with Gasteiger partial charge in [0.2, 0.25) is 10.0 Å². The third-order valence-electron chi connectivity index (χ3n) is 4.62. The molecule has 0 atom stereocenters. The average molecular weight is 455 g/mol. The van der Waals surface area contributed by atoms with Crippen LogP contribution in [-0.4, -0.2) is 38.6 Å². The second kappa shape index (κ2) is 7.59. The van der Waals surface area contributed by atoms with Crippen LogP contribution in [0.3, 0.4) is 0 Å². The number of fused-ring (bicyclic) bond motifs is 1. The molecular formula is C19H20BrFN2O3S. The zero-order chi connectivity index (χ0) is 19.8. The number of halogens is 2. The normalized spacial score (nSPS) is 13.6. The van der Waals surface area contributed by atoms with E-state index in [-0.39, 0.29) is 18.3 Å². The number of anilines is 1. The molecule has 5 nitrogen and oxygen atoms in total. The number of carbonyl (C=O) groups excluding carboxylic acids is 1. The highest BCUT2D eigenvalue weighted by Crippen LogP contribution is 2.31. The number of sulfonamides is 1. The molecule has 0 saturated heterocycles. The predicted octanol–water partition coefficient (Wildman–Crippen LogP) is 3.57. The van der Waals surface area contributed by atoms with Crippen molar-refractivity contribution in [2.45, 2.75) is 19.9 Å². The van der Waals surface area contributed by atoms with E-state index in [9.17, 15) is 17.6 Å². The van der Waals surface area contributed by atoms with Gasteiger partial charge < -0.3 is 4.90 Å². The lowest BCUT2D eigenvalue weighted by Gasteiger charge is -2.22. The van der Waals surface area contributed by atoms with Crippen molar-refractivity contribution in [2.75, 3.05) is 23.7 Å². The van der Waals surface area contributed by atoms with E-state index >= 15 is 0 Å². The molecule has 0 saturated carbocycles. The number of benzene rings is 2. The minimum Gasteiger partial charge on any atom is -0.334 e. The van der Waals surface area contributed by atoms with Gasteiger partial charge in [0.05, 0.1) is 11.9 Å². The average Bonchev–Trinajstić information content (AvgIpc) is 3.05. The summed E-state index contributed by atoms with van der Waals surface area (Å²) in [5.41, 5.74) is 2.36. The largest absolute Gasteiger partial charge is 0.334 e. The monoisotopic (exact) mass is 454 g/mol. The van der Waals surface area contributed by atoms with Gasteiger partial charge in [-0.05, 0) is 55.3 Å². The van der Waals surface area contributed by atoms with Gasteiger partial charge >= 0.3 is 0 Å². The SMILES string of the molecule is CCN(Cc1cc(Br)ccc1F)C(=O)c1ccc2c(c1)CCN2S(C)(=O)=O. The summed E-state index contributed by atoms with van der Waals surface area (Å²) in [6, 6.07) is 9.69. The number of hydrogen-bond acceptors (Lipinski definition) is 3. The molecule has 0 spiro atoms. The maximum atomic E-state index is 14.0. The third-order valence-corrected chi connectivity index (χ3v) is 6.29. The molecule has 8 heteroatoms. The van der Waals surface area contributed by atoms with E-state index in [1.165, 1.54) is 16.6 Å². The third kappa shape index (κ3) is 4.16. The van der Waals surface area contributed by atoms with Crippen LogP contribution in [0.5, 0.6) is 0 Å². The lowest BCUT2D eigenvalue weighted by molar-refractivity contribution is 0.0751. The van der Waals surface area contributed by atoms with E-state index in [1.807, 2.05) is 6.92 Å². The first kappa shape index (κ1) is 19.8. The summed E-state index contributed by atoms with van der Waals surface area (Å²) in [6.45, 7) is 2.81. The smallest absolute Gasteiger partial charge is 0.254 e. The van der Waals surface area contributed by atoms with Crippen molar-refractivity contribution < 1.29 is 17.6 Å². The fourth-order valence-corrected chi connectivity index (χ4v) is 4.60. The number of hydrogen-bond donors (Lipinski definition) is 0. The van der Waals surface area contributed by atoms with Crippen LogP contribution in [0.4, 0.5) is 10.1 Å².